The van der Waals surface area contributed by atoms with Crippen LogP contribution in [-0.4, -0.2) is 65.2 Å². The lowest BCUT2D eigenvalue weighted by Gasteiger charge is -2.34. The Labute approximate surface area is 183 Å². The van der Waals surface area contributed by atoms with E-state index >= 15 is 0 Å². The molecule has 2 heterocycles. The Morgan fingerprint density at radius 1 is 1.21 bits per heavy atom. The molecule has 1 fully saturated rings. The van der Waals surface area contributed by atoms with Gasteiger partial charge in [0.15, 0.2) is 0 Å². The number of hydrogen-bond acceptors (Lipinski definition) is 7. The molecule has 1 aliphatic rings. The topological polar surface area (TPSA) is 97.7 Å². The predicted octanol–water partition coefficient (Wildman–Crippen LogP) is 2.36. The van der Waals surface area contributed by atoms with Crippen molar-refractivity contribution < 1.29 is 14.1 Å². The molecule has 0 saturated carbocycles. The van der Waals surface area contributed by atoms with Gasteiger partial charge >= 0.3 is 0 Å². The van der Waals surface area contributed by atoms with Gasteiger partial charge in [0.25, 0.3) is 0 Å². The van der Waals surface area contributed by atoms with Gasteiger partial charge in [-0.2, -0.15) is 4.98 Å². The molecule has 10 heteroatoms. The van der Waals surface area contributed by atoms with E-state index in [0.29, 0.717) is 24.7 Å². The van der Waals surface area contributed by atoms with Gasteiger partial charge in [0.05, 0.1) is 13.7 Å². The molecule has 0 bridgehead atoms. The Kier molecular flexibility index (Phi) is 10.4. The first-order chi connectivity index (χ1) is 13.0. The van der Waals surface area contributed by atoms with Crippen LogP contribution < -0.4 is 10.5 Å². The Hall–Kier alpha value is -1.87. The molecule has 0 radical (unpaired) electrons. The van der Waals surface area contributed by atoms with Crippen molar-refractivity contribution in [3.05, 3.63) is 30.2 Å². The summed E-state index contributed by atoms with van der Waals surface area (Å²) in [6.07, 6.45) is 1.25. The van der Waals surface area contributed by atoms with Gasteiger partial charge < -0.3 is 19.9 Å². The highest BCUT2D eigenvalue weighted by Gasteiger charge is 2.22. The van der Waals surface area contributed by atoms with Crippen LogP contribution in [0.25, 0.3) is 11.4 Å². The molecule has 1 aromatic carbocycles. The van der Waals surface area contributed by atoms with Gasteiger partial charge in [-0.3, -0.25) is 9.69 Å². The maximum atomic E-state index is 12.2. The molecular weight excluding hydrogens is 417 g/mol. The maximum Gasteiger partial charge on any atom is 0.241 e. The number of benzene rings is 1. The number of amides is 1. The van der Waals surface area contributed by atoms with Crippen LogP contribution >= 0.6 is 24.8 Å². The summed E-state index contributed by atoms with van der Waals surface area (Å²) in [5.41, 5.74) is 6.61. The zero-order chi connectivity index (χ0) is 19.2. The number of rotatable bonds is 7. The van der Waals surface area contributed by atoms with Gasteiger partial charge in [-0.15, -0.1) is 24.8 Å². The molecule has 1 unspecified atom stereocenters. The molecule has 1 saturated heterocycles. The fourth-order valence-electron chi connectivity index (χ4n) is 3.03. The highest BCUT2D eigenvalue weighted by Crippen LogP contribution is 2.20. The smallest absolute Gasteiger partial charge is 0.241 e. The second-order valence-electron chi connectivity index (χ2n) is 6.91. The second kappa shape index (κ2) is 12.0. The summed E-state index contributed by atoms with van der Waals surface area (Å²) in [5.74, 6) is 2.12. The molecule has 1 aromatic heterocycles. The molecule has 0 aliphatic carbocycles. The number of methoxy groups -OCH3 is 1. The normalized spacial score (nSPS) is 15.2. The van der Waals surface area contributed by atoms with E-state index in [1.807, 2.05) is 36.1 Å². The van der Waals surface area contributed by atoms with E-state index in [-0.39, 0.29) is 36.8 Å². The maximum absolute atomic E-state index is 12.2. The van der Waals surface area contributed by atoms with E-state index < -0.39 is 0 Å². The van der Waals surface area contributed by atoms with E-state index in [2.05, 4.69) is 15.0 Å². The van der Waals surface area contributed by atoms with Crippen LogP contribution in [0.15, 0.2) is 28.8 Å². The van der Waals surface area contributed by atoms with Crippen molar-refractivity contribution in [2.45, 2.75) is 32.4 Å². The monoisotopic (exact) mass is 445 g/mol. The van der Waals surface area contributed by atoms with Crippen LogP contribution in [0.4, 0.5) is 0 Å². The third kappa shape index (κ3) is 7.15. The van der Waals surface area contributed by atoms with E-state index in [0.717, 1.165) is 43.9 Å². The highest BCUT2D eigenvalue weighted by atomic mass is 35.5. The predicted molar refractivity (Wildman–Crippen MR) is 116 cm³/mol. The summed E-state index contributed by atoms with van der Waals surface area (Å²) in [5, 5.41) is 4.06. The summed E-state index contributed by atoms with van der Waals surface area (Å²) >= 11 is 0. The zero-order valence-electron chi connectivity index (χ0n) is 16.7. The Balaban J connectivity index is 0.00000210. The number of nitrogens with zero attached hydrogens (tertiary/aromatic N) is 4. The average molecular weight is 446 g/mol. The Morgan fingerprint density at radius 2 is 1.86 bits per heavy atom. The SMILES string of the molecule is COc1ccc(-c2noc(CN3CCN(C(=O)CCC(C)N)CC3)n2)cc1.Cl.Cl. The van der Waals surface area contributed by atoms with E-state index in [9.17, 15) is 4.79 Å². The number of carbonyl (C=O) groups is 1. The van der Waals surface area contributed by atoms with Crippen molar-refractivity contribution >= 4 is 30.7 Å². The fraction of sp³-hybridized carbons (Fsp3) is 0.526. The minimum absolute atomic E-state index is 0. The number of ether oxygens (including phenoxy) is 1. The first-order valence-corrected chi connectivity index (χ1v) is 9.28. The summed E-state index contributed by atoms with van der Waals surface area (Å²) in [6, 6.07) is 7.60. The molecule has 1 atom stereocenters. The van der Waals surface area contributed by atoms with Crippen LogP contribution in [0, 0.1) is 0 Å². The minimum Gasteiger partial charge on any atom is -0.497 e. The number of halogens is 2. The number of nitrogens with two attached hydrogens (primary N) is 1. The Bertz CT molecular complexity index is 747. The molecule has 1 aliphatic heterocycles. The van der Waals surface area contributed by atoms with Crippen molar-refractivity contribution in [2.24, 2.45) is 5.73 Å². The summed E-state index contributed by atoms with van der Waals surface area (Å²) < 4.78 is 10.5. The summed E-state index contributed by atoms with van der Waals surface area (Å²) in [6.45, 7) is 5.55. The number of hydrogen-bond donors (Lipinski definition) is 1. The van der Waals surface area contributed by atoms with Crippen LogP contribution in [0.1, 0.15) is 25.7 Å². The lowest BCUT2D eigenvalue weighted by molar-refractivity contribution is -0.133. The number of piperazine rings is 1. The van der Waals surface area contributed by atoms with Gasteiger partial charge in [0, 0.05) is 44.2 Å². The first-order valence-electron chi connectivity index (χ1n) is 9.28. The van der Waals surface area contributed by atoms with E-state index in [1.165, 1.54) is 0 Å². The fourth-order valence-corrected chi connectivity index (χ4v) is 3.03. The van der Waals surface area contributed by atoms with Gasteiger partial charge in [-0.25, -0.2) is 0 Å². The molecule has 0 spiro atoms. The molecule has 2 N–H and O–H groups in total. The number of aromatic nitrogens is 2. The summed E-state index contributed by atoms with van der Waals surface area (Å²) in [4.78, 5) is 20.8. The Morgan fingerprint density at radius 3 is 2.45 bits per heavy atom. The van der Waals surface area contributed by atoms with Crippen molar-refractivity contribution in [1.29, 1.82) is 0 Å². The van der Waals surface area contributed by atoms with Crippen LogP contribution in [0.5, 0.6) is 5.75 Å². The molecule has 162 valence electrons. The molecule has 29 heavy (non-hydrogen) atoms. The lowest BCUT2D eigenvalue weighted by atomic mass is 10.1. The van der Waals surface area contributed by atoms with Crippen molar-refractivity contribution in [3.8, 4) is 17.1 Å². The van der Waals surface area contributed by atoms with Crippen molar-refractivity contribution in [1.82, 2.24) is 19.9 Å². The van der Waals surface area contributed by atoms with Crippen LogP contribution in [-0.2, 0) is 11.3 Å². The molecule has 3 rings (SSSR count). The van der Waals surface area contributed by atoms with Crippen LogP contribution in [0.2, 0.25) is 0 Å². The highest BCUT2D eigenvalue weighted by molar-refractivity contribution is 5.85. The standard InChI is InChI=1S/C19H27N5O3.2ClH/c1-14(20)3-8-18(25)24-11-9-23(10-12-24)13-17-21-19(22-27-17)15-4-6-16(26-2)7-5-15;;/h4-7,14H,3,8-13,20H2,1-2H3;2*1H. The quantitative estimate of drug-likeness (QED) is 0.697. The van der Waals surface area contributed by atoms with Crippen molar-refractivity contribution in [2.75, 3.05) is 33.3 Å². The minimum atomic E-state index is 0. The molecule has 8 nitrogen and oxygen atoms in total. The largest absolute Gasteiger partial charge is 0.497 e. The summed E-state index contributed by atoms with van der Waals surface area (Å²) in [7, 11) is 1.63. The third-order valence-electron chi connectivity index (χ3n) is 4.71. The molecular formula is C19H29Cl2N5O3. The van der Waals surface area contributed by atoms with Crippen molar-refractivity contribution in [3.63, 3.8) is 0 Å². The third-order valence-corrected chi connectivity index (χ3v) is 4.71. The van der Waals surface area contributed by atoms with Gasteiger partial charge in [-0.1, -0.05) is 5.16 Å². The number of carbonyl (C=O) groups excluding carboxylic acids is 1. The zero-order valence-corrected chi connectivity index (χ0v) is 18.4. The van der Waals surface area contributed by atoms with Gasteiger partial charge in [0.2, 0.25) is 17.6 Å². The molecule has 1 amide bonds. The average Bonchev–Trinajstić information content (AvgIpc) is 3.15. The molecule has 2 aromatic rings. The second-order valence-corrected chi connectivity index (χ2v) is 6.91. The first kappa shape index (κ1) is 25.2. The van der Waals surface area contributed by atoms with E-state index in [4.69, 9.17) is 15.0 Å². The van der Waals surface area contributed by atoms with Gasteiger partial charge in [-0.05, 0) is 37.6 Å². The van der Waals surface area contributed by atoms with Crippen LogP contribution in [0.3, 0.4) is 0 Å². The lowest BCUT2D eigenvalue weighted by Crippen LogP contribution is -2.48. The van der Waals surface area contributed by atoms with E-state index in [1.54, 1.807) is 7.11 Å². The van der Waals surface area contributed by atoms with Gasteiger partial charge in [0.1, 0.15) is 5.75 Å².